The first kappa shape index (κ1) is 20.4. The molecule has 1 aromatic heterocycles. The Balaban J connectivity index is 1.37. The molecule has 156 valence electrons. The summed E-state index contributed by atoms with van der Waals surface area (Å²) < 4.78 is 30.4. The number of rotatable bonds is 5. The van der Waals surface area contributed by atoms with Gasteiger partial charge in [-0.2, -0.15) is 0 Å². The molecule has 1 aliphatic heterocycles. The number of aryl methyl sites for hydroxylation is 1. The number of piperidine rings is 1. The van der Waals surface area contributed by atoms with E-state index in [1.54, 1.807) is 17.0 Å². The zero-order valence-electron chi connectivity index (χ0n) is 17.0. The Labute approximate surface area is 177 Å². The molecule has 0 spiro atoms. The number of hydrogen-bond donors (Lipinski definition) is 0. The molecule has 4 rings (SSSR count). The standard InChI is InChI=1S/C24H25NO4S/c1-18-4-6-19(7-5-18)20-8-10-21(11-9-20)24(26)25-14-12-23(13-15-25)30(27,28)17-22-3-2-16-29-22/h2-11,16,23H,12-15,17H2,1H3. The Hall–Kier alpha value is -2.86. The zero-order chi connectivity index (χ0) is 21.1. The predicted octanol–water partition coefficient (Wildman–Crippen LogP) is 4.47. The molecule has 1 amide bonds. The maximum atomic E-state index is 12.9. The van der Waals surface area contributed by atoms with Crippen LogP contribution in [-0.4, -0.2) is 37.6 Å². The lowest BCUT2D eigenvalue weighted by Gasteiger charge is -2.31. The largest absolute Gasteiger partial charge is 0.468 e. The minimum Gasteiger partial charge on any atom is -0.468 e. The lowest BCUT2D eigenvalue weighted by Crippen LogP contribution is -2.42. The summed E-state index contributed by atoms with van der Waals surface area (Å²) in [6.07, 6.45) is 2.39. The maximum Gasteiger partial charge on any atom is 0.253 e. The number of sulfone groups is 1. The van der Waals surface area contributed by atoms with Crippen molar-refractivity contribution in [3.8, 4) is 11.1 Å². The van der Waals surface area contributed by atoms with Crippen LogP contribution in [0.1, 0.15) is 34.5 Å². The molecule has 0 unspecified atom stereocenters. The number of carbonyl (C=O) groups is 1. The molecule has 30 heavy (non-hydrogen) atoms. The van der Waals surface area contributed by atoms with Gasteiger partial charge in [0.2, 0.25) is 0 Å². The molecule has 0 aliphatic carbocycles. The van der Waals surface area contributed by atoms with E-state index in [-0.39, 0.29) is 11.7 Å². The third-order valence-corrected chi connectivity index (χ3v) is 7.85. The normalized spacial score (nSPS) is 15.3. The van der Waals surface area contributed by atoms with Crippen LogP contribution in [0.5, 0.6) is 0 Å². The third kappa shape index (κ3) is 4.49. The lowest BCUT2D eigenvalue weighted by molar-refractivity contribution is 0.0725. The van der Waals surface area contributed by atoms with Crippen molar-refractivity contribution in [3.05, 3.63) is 83.8 Å². The monoisotopic (exact) mass is 423 g/mol. The number of nitrogens with zero attached hydrogens (tertiary/aromatic N) is 1. The molecule has 3 aromatic rings. The topological polar surface area (TPSA) is 67.6 Å². The highest BCUT2D eigenvalue weighted by molar-refractivity contribution is 7.91. The number of hydrogen-bond acceptors (Lipinski definition) is 4. The van der Waals surface area contributed by atoms with Gasteiger partial charge in [0.05, 0.1) is 11.5 Å². The van der Waals surface area contributed by atoms with Gasteiger partial charge in [0.15, 0.2) is 9.84 Å². The first-order valence-corrected chi connectivity index (χ1v) is 11.8. The van der Waals surface area contributed by atoms with Crippen molar-refractivity contribution in [2.75, 3.05) is 13.1 Å². The van der Waals surface area contributed by atoms with Crippen LogP contribution in [0.25, 0.3) is 11.1 Å². The summed E-state index contributed by atoms with van der Waals surface area (Å²) in [6.45, 7) is 2.94. The molecule has 2 heterocycles. The summed E-state index contributed by atoms with van der Waals surface area (Å²) in [5, 5.41) is -0.435. The number of likely N-dealkylation sites (tertiary alicyclic amines) is 1. The van der Waals surface area contributed by atoms with Gasteiger partial charge >= 0.3 is 0 Å². The van der Waals surface area contributed by atoms with Crippen molar-refractivity contribution in [2.45, 2.75) is 30.8 Å². The smallest absolute Gasteiger partial charge is 0.253 e. The van der Waals surface area contributed by atoms with E-state index in [0.29, 0.717) is 37.3 Å². The van der Waals surface area contributed by atoms with Crippen molar-refractivity contribution >= 4 is 15.7 Å². The highest BCUT2D eigenvalue weighted by atomic mass is 32.2. The summed E-state index contributed by atoms with van der Waals surface area (Å²) in [5.41, 5.74) is 4.01. The highest BCUT2D eigenvalue weighted by Crippen LogP contribution is 2.24. The number of furan rings is 1. The highest BCUT2D eigenvalue weighted by Gasteiger charge is 2.32. The van der Waals surface area contributed by atoms with Crippen LogP contribution in [0, 0.1) is 6.92 Å². The molecule has 1 aliphatic rings. The SMILES string of the molecule is Cc1ccc(-c2ccc(C(=O)N3CCC(S(=O)(=O)Cc4ccco4)CC3)cc2)cc1. The fourth-order valence-electron chi connectivity index (χ4n) is 3.86. The predicted molar refractivity (Wildman–Crippen MR) is 117 cm³/mol. The van der Waals surface area contributed by atoms with Crippen LogP contribution >= 0.6 is 0 Å². The number of amides is 1. The average molecular weight is 424 g/mol. The van der Waals surface area contributed by atoms with Crippen LogP contribution < -0.4 is 0 Å². The van der Waals surface area contributed by atoms with Crippen molar-refractivity contribution in [1.82, 2.24) is 4.90 Å². The Morgan fingerprint density at radius 2 is 1.57 bits per heavy atom. The van der Waals surface area contributed by atoms with Gasteiger partial charge in [-0.15, -0.1) is 0 Å². The number of benzene rings is 2. The van der Waals surface area contributed by atoms with Gasteiger partial charge in [-0.25, -0.2) is 8.42 Å². The van der Waals surface area contributed by atoms with Crippen molar-refractivity contribution < 1.29 is 17.6 Å². The van der Waals surface area contributed by atoms with Crippen molar-refractivity contribution in [3.63, 3.8) is 0 Å². The Kier molecular flexibility index (Phi) is 5.77. The lowest BCUT2D eigenvalue weighted by atomic mass is 10.0. The van der Waals surface area contributed by atoms with Crippen LogP contribution in [0.2, 0.25) is 0 Å². The van der Waals surface area contributed by atoms with Crippen LogP contribution in [0.4, 0.5) is 0 Å². The summed E-state index contributed by atoms with van der Waals surface area (Å²) in [5.74, 6) is 0.327. The summed E-state index contributed by atoms with van der Waals surface area (Å²) in [6, 6.07) is 19.2. The summed E-state index contributed by atoms with van der Waals surface area (Å²) in [7, 11) is -3.29. The van der Waals surface area contributed by atoms with Crippen molar-refractivity contribution in [1.29, 1.82) is 0 Å². The summed E-state index contributed by atoms with van der Waals surface area (Å²) in [4.78, 5) is 14.6. The van der Waals surface area contributed by atoms with E-state index in [0.717, 1.165) is 11.1 Å². The third-order valence-electron chi connectivity index (χ3n) is 5.68. The Bertz CT molecular complexity index is 1090. The van der Waals surface area contributed by atoms with E-state index >= 15 is 0 Å². The van der Waals surface area contributed by atoms with E-state index in [1.165, 1.54) is 11.8 Å². The molecule has 1 fully saturated rings. The van der Waals surface area contributed by atoms with Gasteiger partial charge < -0.3 is 9.32 Å². The second-order valence-corrected chi connectivity index (χ2v) is 10.1. The first-order chi connectivity index (χ1) is 14.4. The fourth-order valence-corrected chi connectivity index (χ4v) is 5.59. The molecule has 0 N–H and O–H groups in total. The van der Waals surface area contributed by atoms with Gasteiger partial charge in [0, 0.05) is 18.7 Å². The summed E-state index contributed by atoms with van der Waals surface area (Å²) >= 11 is 0. The van der Waals surface area contributed by atoms with Crippen LogP contribution in [0.3, 0.4) is 0 Å². The van der Waals surface area contributed by atoms with E-state index in [1.807, 2.05) is 24.3 Å². The van der Waals surface area contributed by atoms with E-state index in [2.05, 4.69) is 31.2 Å². The first-order valence-electron chi connectivity index (χ1n) is 10.1. The zero-order valence-corrected chi connectivity index (χ0v) is 17.8. The van der Waals surface area contributed by atoms with Gasteiger partial charge in [-0.1, -0.05) is 42.0 Å². The van der Waals surface area contributed by atoms with E-state index in [4.69, 9.17) is 4.42 Å². The molecule has 0 bridgehead atoms. The quantitative estimate of drug-likeness (QED) is 0.607. The van der Waals surface area contributed by atoms with Crippen LogP contribution in [0.15, 0.2) is 71.3 Å². The molecule has 1 saturated heterocycles. The second-order valence-electron chi connectivity index (χ2n) is 7.82. The van der Waals surface area contributed by atoms with Crippen LogP contribution in [-0.2, 0) is 15.6 Å². The molecule has 0 atom stereocenters. The number of carbonyl (C=O) groups excluding carboxylic acids is 1. The fraction of sp³-hybridized carbons (Fsp3) is 0.292. The molecule has 2 aromatic carbocycles. The molecule has 5 nitrogen and oxygen atoms in total. The van der Waals surface area contributed by atoms with Gasteiger partial charge in [-0.3, -0.25) is 4.79 Å². The minimum absolute atomic E-state index is 0.0488. The Morgan fingerprint density at radius 1 is 0.967 bits per heavy atom. The molecule has 6 heteroatoms. The minimum atomic E-state index is -3.29. The Morgan fingerprint density at radius 3 is 2.13 bits per heavy atom. The van der Waals surface area contributed by atoms with E-state index in [9.17, 15) is 13.2 Å². The van der Waals surface area contributed by atoms with E-state index < -0.39 is 15.1 Å². The van der Waals surface area contributed by atoms with Gasteiger partial charge in [0.1, 0.15) is 11.5 Å². The van der Waals surface area contributed by atoms with Gasteiger partial charge in [0.25, 0.3) is 5.91 Å². The average Bonchev–Trinajstić information content (AvgIpc) is 3.26. The van der Waals surface area contributed by atoms with Gasteiger partial charge in [-0.05, 0) is 55.2 Å². The van der Waals surface area contributed by atoms with Crippen molar-refractivity contribution in [2.24, 2.45) is 0 Å². The maximum absolute atomic E-state index is 12.9. The second kappa shape index (κ2) is 8.48. The molecular formula is C24H25NO4S. The molecular weight excluding hydrogens is 398 g/mol. The molecule has 0 saturated carbocycles. The molecule has 0 radical (unpaired) electrons.